The van der Waals surface area contributed by atoms with Crippen molar-refractivity contribution in [1.82, 2.24) is 0 Å². The van der Waals surface area contributed by atoms with Crippen molar-refractivity contribution >= 4 is 60.0 Å². The summed E-state index contributed by atoms with van der Waals surface area (Å²) in [5, 5.41) is 24.1. The Morgan fingerprint density at radius 2 is 1.74 bits per heavy atom. The summed E-state index contributed by atoms with van der Waals surface area (Å²) in [7, 11) is -7.55. The molecular weight excluding hydrogens is 642 g/mol. The molecule has 0 aliphatic carbocycles. The molecule has 42 heavy (non-hydrogen) atoms. The average molecular weight is 669 g/mol. The molecule has 0 spiro atoms. The van der Waals surface area contributed by atoms with Gasteiger partial charge < -0.3 is 24.8 Å². The molecule has 0 aliphatic rings. The number of carbonyl (C=O) groups excluding carboxylic acids is 1. The molecule has 0 saturated heterocycles. The minimum Gasteiger partial charge on any atom is -0.726 e. The first-order valence-electron chi connectivity index (χ1n) is 11.2. The molecule has 2 aromatic rings. The SMILES string of the molecule is CCN(CCS(=O)OO[O-])c1cc(NC(C)=O)c(N=Nc2ccc(S(=O)(=O)CCOS(=O)(=O)[O-])cc2)cc1OC.[Na+].[Na+]. The fourth-order valence-corrected chi connectivity index (χ4v) is 5.22. The molecule has 0 radical (unpaired) electrons. The van der Waals surface area contributed by atoms with Crippen LogP contribution in [0.15, 0.2) is 51.5 Å². The summed E-state index contributed by atoms with van der Waals surface area (Å²) in [5.41, 5.74) is 1.22. The van der Waals surface area contributed by atoms with E-state index in [1.54, 1.807) is 11.0 Å². The van der Waals surface area contributed by atoms with Crippen molar-refractivity contribution in [2.45, 2.75) is 18.7 Å². The Kier molecular flexibility index (Phi) is 18.9. The summed E-state index contributed by atoms with van der Waals surface area (Å²) < 4.78 is 81.2. The van der Waals surface area contributed by atoms with Crippen LogP contribution >= 0.6 is 0 Å². The number of azo groups is 1. The van der Waals surface area contributed by atoms with Crippen molar-refractivity contribution in [2.75, 3.05) is 48.5 Å². The molecule has 0 saturated carbocycles. The Balaban J connectivity index is 0.00000840. The van der Waals surface area contributed by atoms with Crippen molar-refractivity contribution in [3.63, 3.8) is 0 Å². The van der Waals surface area contributed by atoms with Crippen molar-refractivity contribution < 1.29 is 113 Å². The maximum atomic E-state index is 12.3. The van der Waals surface area contributed by atoms with Crippen molar-refractivity contribution in [3.8, 4) is 5.75 Å². The summed E-state index contributed by atoms with van der Waals surface area (Å²) in [4.78, 5) is 13.4. The quantitative estimate of drug-likeness (QED) is 0.0442. The van der Waals surface area contributed by atoms with Crippen molar-refractivity contribution in [3.05, 3.63) is 36.4 Å². The third-order valence-electron chi connectivity index (χ3n) is 5.01. The molecule has 0 aromatic heterocycles. The number of hydrogen-bond acceptors (Lipinski definition) is 15. The fourth-order valence-electron chi connectivity index (χ4n) is 3.23. The van der Waals surface area contributed by atoms with E-state index in [0.29, 0.717) is 18.0 Å². The van der Waals surface area contributed by atoms with Gasteiger partial charge in [0.25, 0.3) is 0 Å². The minimum atomic E-state index is -5.02. The summed E-state index contributed by atoms with van der Waals surface area (Å²) in [5.74, 6) is -0.861. The first kappa shape index (κ1) is 41.0. The number of sulfone groups is 1. The summed E-state index contributed by atoms with van der Waals surface area (Å²) in [6.07, 6.45) is 0. The average Bonchev–Trinajstić information content (AvgIpc) is 2.87. The Hall–Kier alpha value is -1.04. The second kappa shape index (κ2) is 19.4. The van der Waals surface area contributed by atoms with Gasteiger partial charge in [-0.05, 0) is 37.3 Å². The third kappa shape index (κ3) is 13.7. The van der Waals surface area contributed by atoms with E-state index in [0.717, 1.165) is 0 Å². The van der Waals surface area contributed by atoms with E-state index in [9.17, 15) is 35.6 Å². The van der Waals surface area contributed by atoms with Crippen LogP contribution in [-0.4, -0.2) is 69.8 Å². The van der Waals surface area contributed by atoms with Gasteiger partial charge >= 0.3 is 59.1 Å². The molecule has 2 aromatic carbocycles. The summed E-state index contributed by atoms with van der Waals surface area (Å²) in [6, 6.07) is 8.21. The molecule has 0 fully saturated rings. The molecule has 1 amide bonds. The van der Waals surface area contributed by atoms with E-state index in [2.05, 4.69) is 29.1 Å². The van der Waals surface area contributed by atoms with E-state index >= 15 is 0 Å². The Morgan fingerprint density at radius 1 is 1.10 bits per heavy atom. The first-order chi connectivity index (χ1) is 18.8. The molecule has 2 rings (SSSR count). The van der Waals surface area contributed by atoms with Crippen LogP contribution in [0.3, 0.4) is 0 Å². The number of benzene rings is 2. The van der Waals surface area contributed by atoms with Crippen LogP contribution in [-0.2, 0) is 49.7 Å². The Bertz CT molecular complexity index is 1440. The molecular formula is C21H26N4Na2O12S3. The number of amides is 1. The van der Waals surface area contributed by atoms with Crippen molar-refractivity contribution in [2.24, 2.45) is 10.2 Å². The van der Waals surface area contributed by atoms with Crippen LogP contribution in [0.4, 0.5) is 22.7 Å². The van der Waals surface area contributed by atoms with E-state index in [1.165, 1.54) is 44.4 Å². The molecule has 21 heteroatoms. The zero-order chi connectivity index (χ0) is 29.9. The van der Waals surface area contributed by atoms with Gasteiger partial charge in [-0.15, -0.1) is 9.45 Å². The standard InChI is InChI=1S/C21H28N4O12S3.2Na/c1-4-25(9-11-38(28)37-36-27)20-13-18(22-15(2)26)19(14-21(20)34-3)24-23-16-5-7-17(8-6-16)39(29,30)12-10-35-40(31,32)33;;/h5-8,13-14,27H,4,9-12H2,1-3H3,(H,22,26)(H,31,32,33);;/q;2*+1/p-2. The first-order valence-corrected chi connectivity index (χ1v) is 15.5. The normalized spacial score (nSPS) is 12.2. The number of anilines is 2. The smallest absolute Gasteiger partial charge is 0.726 e. The largest absolute Gasteiger partial charge is 1.00 e. The van der Waals surface area contributed by atoms with Gasteiger partial charge in [0.1, 0.15) is 11.4 Å². The van der Waals surface area contributed by atoms with Crippen LogP contribution < -0.4 is 79.3 Å². The Morgan fingerprint density at radius 3 is 2.26 bits per heavy atom. The van der Waals surface area contributed by atoms with Gasteiger partial charge in [-0.3, -0.25) is 14.0 Å². The fraction of sp³-hybridized carbons (Fsp3) is 0.381. The van der Waals surface area contributed by atoms with Crippen LogP contribution in [0, 0.1) is 0 Å². The predicted molar refractivity (Wildman–Crippen MR) is 139 cm³/mol. The maximum absolute atomic E-state index is 12.3. The number of rotatable bonds is 16. The molecule has 1 N–H and O–H groups in total. The summed E-state index contributed by atoms with van der Waals surface area (Å²) in [6.45, 7) is 2.90. The number of ether oxygens (including phenoxy) is 1. The van der Waals surface area contributed by atoms with E-state index in [-0.39, 0.29) is 93.4 Å². The molecule has 222 valence electrons. The molecule has 0 aliphatic heterocycles. The van der Waals surface area contributed by atoms with Gasteiger partial charge in [-0.2, -0.15) is 5.11 Å². The van der Waals surface area contributed by atoms with Crippen LogP contribution in [0.2, 0.25) is 0 Å². The summed E-state index contributed by atoms with van der Waals surface area (Å²) >= 11 is -1.98. The number of carbonyl (C=O) groups is 1. The van der Waals surface area contributed by atoms with Crippen LogP contribution in [0.5, 0.6) is 5.75 Å². The molecule has 0 bridgehead atoms. The molecule has 1 unspecified atom stereocenters. The van der Waals surface area contributed by atoms with Gasteiger partial charge in [-0.25, -0.2) is 21.0 Å². The Labute approximate surface area is 290 Å². The van der Waals surface area contributed by atoms with E-state index < -0.39 is 49.6 Å². The van der Waals surface area contributed by atoms with Gasteiger partial charge in [-0.1, -0.05) is 0 Å². The third-order valence-corrected chi connectivity index (χ3v) is 7.88. The number of hydrogen-bond donors (Lipinski definition) is 1. The second-order valence-corrected chi connectivity index (χ2v) is 12.0. The van der Waals surface area contributed by atoms with Crippen molar-refractivity contribution in [1.29, 1.82) is 0 Å². The van der Waals surface area contributed by atoms with Crippen LogP contribution in [0.25, 0.3) is 0 Å². The number of nitrogens with zero attached hydrogens (tertiary/aromatic N) is 3. The molecule has 0 heterocycles. The predicted octanol–water partition coefficient (Wildman–Crippen LogP) is -4.96. The zero-order valence-electron chi connectivity index (χ0n) is 23.5. The number of nitrogens with one attached hydrogen (secondary N) is 1. The second-order valence-electron chi connectivity index (χ2n) is 7.69. The maximum Gasteiger partial charge on any atom is 1.00 e. The number of methoxy groups -OCH3 is 1. The van der Waals surface area contributed by atoms with Gasteiger partial charge in [0.15, 0.2) is 20.9 Å². The molecule has 1 atom stereocenters. The minimum absolute atomic E-state index is 0. The van der Waals surface area contributed by atoms with Gasteiger partial charge in [0.05, 0.1) is 47.2 Å². The molecule has 16 nitrogen and oxygen atoms in total. The van der Waals surface area contributed by atoms with E-state index in [4.69, 9.17) is 4.74 Å². The van der Waals surface area contributed by atoms with E-state index in [1.807, 2.05) is 6.92 Å². The van der Waals surface area contributed by atoms with Crippen LogP contribution in [0.1, 0.15) is 13.8 Å². The monoisotopic (exact) mass is 668 g/mol. The topological polar surface area (TPSA) is 225 Å². The van der Waals surface area contributed by atoms with Gasteiger partial charge in [0, 0.05) is 26.1 Å². The zero-order valence-corrected chi connectivity index (χ0v) is 29.9. The van der Waals surface area contributed by atoms with Gasteiger partial charge in [0.2, 0.25) is 16.3 Å².